The topological polar surface area (TPSA) is 94.4 Å². The first-order valence-corrected chi connectivity index (χ1v) is 12.3. The molecule has 0 unspecified atom stereocenters. The molecule has 8 heteroatoms. The van der Waals surface area contributed by atoms with E-state index in [1.807, 2.05) is 49.4 Å². The summed E-state index contributed by atoms with van der Waals surface area (Å²) < 4.78 is 5.82. The van der Waals surface area contributed by atoms with Crippen LogP contribution in [0.15, 0.2) is 48.5 Å². The van der Waals surface area contributed by atoms with E-state index in [1.165, 1.54) is 0 Å². The van der Waals surface area contributed by atoms with E-state index in [0.29, 0.717) is 43.3 Å². The first kappa shape index (κ1) is 24.3. The van der Waals surface area contributed by atoms with Crippen molar-refractivity contribution >= 4 is 28.4 Å². The first-order valence-electron chi connectivity index (χ1n) is 12.3. The van der Waals surface area contributed by atoms with Gasteiger partial charge in [0.05, 0.1) is 29.4 Å². The number of ether oxygens (including phenoxy) is 1. The molecule has 1 amide bonds. The molecular formula is C27H32N6O2. The van der Waals surface area contributed by atoms with E-state index in [9.17, 15) is 10.1 Å². The van der Waals surface area contributed by atoms with Crippen molar-refractivity contribution in [3.63, 3.8) is 0 Å². The summed E-state index contributed by atoms with van der Waals surface area (Å²) in [5, 5.41) is 12.8. The Labute approximate surface area is 206 Å². The summed E-state index contributed by atoms with van der Waals surface area (Å²) in [7, 11) is 0. The Hall–Kier alpha value is -3.86. The minimum absolute atomic E-state index is 0.323. The highest BCUT2D eigenvalue weighted by Crippen LogP contribution is 2.32. The van der Waals surface area contributed by atoms with E-state index in [1.54, 1.807) is 0 Å². The third-order valence-corrected chi connectivity index (χ3v) is 6.16. The number of hydrogen-bond donors (Lipinski definition) is 1. The summed E-state index contributed by atoms with van der Waals surface area (Å²) in [6.07, 6.45) is 1.83. The number of aromatic nitrogens is 2. The largest absolute Gasteiger partial charge is 0.492 e. The Morgan fingerprint density at radius 3 is 2.37 bits per heavy atom. The summed E-state index contributed by atoms with van der Waals surface area (Å²) in [6.45, 7) is 8.11. The van der Waals surface area contributed by atoms with Gasteiger partial charge in [0.25, 0.3) is 0 Å². The van der Waals surface area contributed by atoms with Gasteiger partial charge in [0.1, 0.15) is 11.4 Å². The zero-order chi connectivity index (χ0) is 24.6. The highest BCUT2D eigenvalue weighted by Gasteiger charge is 2.30. The van der Waals surface area contributed by atoms with E-state index in [0.717, 1.165) is 42.9 Å². The SMILES string of the molecule is CCCCNC(=O)[C@@H](C#N)c1nc2ccccc2nc1N1CCN(c2ccccc2OCC)CC1. The van der Waals surface area contributed by atoms with Crippen LogP contribution in [0.3, 0.4) is 0 Å². The monoisotopic (exact) mass is 472 g/mol. The molecular weight excluding hydrogens is 440 g/mol. The van der Waals surface area contributed by atoms with Gasteiger partial charge in [-0.1, -0.05) is 37.6 Å². The Morgan fingerprint density at radius 1 is 1.03 bits per heavy atom. The minimum atomic E-state index is -1.02. The number of unbranched alkanes of at least 4 members (excludes halogenated alkanes) is 1. The number of para-hydroxylation sites is 4. The summed E-state index contributed by atoms with van der Waals surface area (Å²) in [6, 6.07) is 17.8. The third kappa shape index (κ3) is 5.46. The fraction of sp³-hybridized carbons (Fsp3) is 0.407. The predicted molar refractivity (Wildman–Crippen MR) is 138 cm³/mol. The molecule has 182 valence electrons. The standard InChI is InChI=1S/C27H32N6O2/c1-3-5-14-29-27(34)20(19-28)25-26(31-22-11-7-6-10-21(22)30-25)33-17-15-32(16-18-33)23-12-8-9-13-24(23)35-4-2/h6-13,20H,3-5,14-18H2,1-2H3,(H,29,34)/t20-/m0/s1. The van der Waals surface area contributed by atoms with Crippen molar-refractivity contribution < 1.29 is 9.53 Å². The lowest BCUT2D eigenvalue weighted by Gasteiger charge is -2.38. The Morgan fingerprint density at radius 2 is 1.69 bits per heavy atom. The minimum Gasteiger partial charge on any atom is -0.492 e. The average molecular weight is 473 g/mol. The lowest BCUT2D eigenvalue weighted by molar-refractivity contribution is -0.121. The van der Waals surface area contributed by atoms with Crippen molar-refractivity contribution in [2.45, 2.75) is 32.6 Å². The van der Waals surface area contributed by atoms with E-state index >= 15 is 0 Å². The number of anilines is 2. The van der Waals surface area contributed by atoms with Crippen molar-refractivity contribution in [1.82, 2.24) is 15.3 Å². The number of amides is 1. The lowest BCUT2D eigenvalue weighted by Crippen LogP contribution is -2.47. The van der Waals surface area contributed by atoms with Crippen LogP contribution >= 0.6 is 0 Å². The van der Waals surface area contributed by atoms with Crippen molar-refractivity contribution in [3.05, 3.63) is 54.2 Å². The van der Waals surface area contributed by atoms with Crippen LogP contribution in [0.1, 0.15) is 38.3 Å². The lowest BCUT2D eigenvalue weighted by atomic mass is 10.0. The van der Waals surface area contributed by atoms with Crippen LogP contribution in [0, 0.1) is 11.3 Å². The molecule has 3 aromatic rings. The van der Waals surface area contributed by atoms with Gasteiger partial charge in [-0.3, -0.25) is 4.79 Å². The number of nitriles is 1. The molecule has 2 heterocycles. The fourth-order valence-corrected chi connectivity index (χ4v) is 4.32. The van der Waals surface area contributed by atoms with Crippen molar-refractivity contribution in [3.8, 4) is 11.8 Å². The molecule has 0 radical (unpaired) electrons. The summed E-state index contributed by atoms with van der Waals surface area (Å²) in [5.74, 6) is 0.147. The molecule has 2 aromatic carbocycles. The van der Waals surface area contributed by atoms with Crippen LogP contribution in [-0.4, -0.2) is 55.2 Å². The van der Waals surface area contributed by atoms with E-state index < -0.39 is 5.92 Å². The number of nitrogens with one attached hydrogen (secondary N) is 1. The van der Waals surface area contributed by atoms with Gasteiger partial charge >= 0.3 is 0 Å². The van der Waals surface area contributed by atoms with Crippen LogP contribution in [0.5, 0.6) is 5.75 Å². The summed E-state index contributed by atoms with van der Waals surface area (Å²) in [5.41, 5.74) is 2.92. The van der Waals surface area contributed by atoms with Crippen molar-refractivity contribution in [2.24, 2.45) is 0 Å². The molecule has 0 spiro atoms. The molecule has 1 fully saturated rings. The molecule has 1 saturated heterocycles. The zero-order valence-corrected chi connectivity index (χ0v) is 20.4. The fourth-order valence-electron chi connectivity index (χ4n) is 4.32. The normalized spacial score (nSPS) is 14.4. The number of hydrogen-bond acceptors (Lipinski definition) is 7. The molecule has 0 aliphatic carbocycles. The van der Waals surface area contributed by atoms with Gasteiger partial charge in [-0.15, -0.1) is 0 Å². The van der Waals surface area contributed by atoms with E-state index in [4.69, 9.17) is 14.7 Å². The van der Waals surface area contributed by atoms with Gasteiger partial charge in [-0.05, 0) is 37.6 Å². The Kier molecular flexibility index (Phi) is 7.99. The van der Waals surface area contributed by atoms with Crippen LogP contribution in [0.2, 0.25) is 0 Å². The van der Waals surface area contributed by atoms with Gasteiger partial charge in [-0.2, -0.15) is 5.26 Å². The maximum Gasteiger partial charge on any atom is 0.243 e. The number of carbonyl (C=O) groups is 1. The second-order valence-electron chi connectivity index (χ2n) is 8.50. The molecule has 1 aliphatic rings. The molecule has 1 N–H and O–H groups in total. The number of piperazine rings is 1. The van der Waals surface area contributed by atoms with Crippen molar-refractivity contribution in [1.29, 1.82) is 5.26 Å². The third-order valence-electron chi connectivity index (χ3n) is 6.16. The Bertz CT molecular complexity index is 1200. The highest BCUT2D eigenvalue weighted by molar-refractivity contribution is 5.88. The molecule has 4 rings (SSSR count). The zero-order valence-electron chi connectivity index (χ0n) is 20.4. The predicted octanol–water partition coefficient (Wildman–Crippen LogP) is 3.88. The second kappa shape index (κ2) is 11.5. The van der Waals surface area contributed by atoms with E-state index in [-0.39, 0.29) is 5.91 Å². The number of benzene rings is 2. The van der Waals surface area contributed by atoms with Gasteiger partial charge < -0.3 is 19.9 Å². The first-order chi connectivity index (χ1) is 17.2. The number of carbonyl (C=O) groups excluding carboxylic acids is 1. The van der Waals surface area contributed by atoms with Gasteiger partial charge in [0, 0.05) is 32.7 Å². The molecule has 0 saturated carbocycles. The second-order valence-corrected chi connectivity index (χ2v) is 8.50. The smallest absolute Gasteiger partial charge is 0.243 e. The molecule has 8 nitrogen and oxygen atoms in total. The van der Waals surface area contributed by atoms with Crippen LogP contribution < -0.4 is 19.9 Å². The van der Waals surface area contributed by atoms with Crippen LogP contribution in [-0.2, 0) is 4.79 Å². The average Bonchev–Trinajstić information content (AvgIpc) is 2.89. The van der Waals surface area contributed by atoms with Gasteiger partial charge in [-0.25, -0.2) is 9.97 Å². The maximum absolute atomic E-state index is 12.9. The molecule has 1 aromatic heterocycles. The quantitative estimate of drug-likeness (QED) is 0.472. The molecule has 35 heavy (non-hydrogen) atoms. The summed E-state index contributed by atoms with van der Waals surface area (Å²) in [4.78, 5) is 27.0. The maximum atomic E-state index is 12.9. The summed E-state index contributed by atoms with van der Waals surface area (Å²) >= 11 is 0. The van der Waals surface area contributed by atoms with Gasteiger partial charge in [0.2, 0.25) is 5.91 Å². The van der Waals surface area contributed by atoms with Gasteiger partial charge in [0.15, 0.2) is 11.7 Å². The number of nitrogens with zero attached hydrogens (tertiary/aromatic N) is 5. The number of fused-ring (bicyclic) bond motifs is 1. The number of rotatable bonds is 9. The Balaban J connectivity index is 1.61. The molecule has 1 aliphatic heterocycles. The highest BCUT2D eigenvalue weighted by atomic mass is 16.5. The van der Waals surface area contributed by atoms with Crippen molar-refractivity contribution in [2.75, 3.05) is 49.1 Å². The molecule has 1 atom stereocenters. The molecule has 0 bridgehead atoms. The van der Waals surface area contributed by atoms with Crippen LogP contribution in [0.4, 0.5) is 11.5 Å². The van der Waals surface area contributed by atoms with E-state index in [2.05, 4.69) is 34.2 Å². The van der Waals surface area contributed by atoms with Crippen LogP contribution in [0.25, 0.3) is 11.0 Å².